The number of carboxylic acid groups (broad SMARTS) is 1. The largest absolute Gasteiger partial charge is 0.478 e. The molecule has 0 aliphatic heterocycles. The van der Waals surface area contributed by atoms with Crippen molar-refractivity contribution in [3.63, 3.8) is 0 Å². The van der Waals surface area contributed by atoms with Crippen LogP contribution in [0.25, 0.3) is 0 Å². The molecule has 0 aromatic carbocycles. The van der Waals surface area contributed by atoms with Gasteiger partial charge in [-0.25, -0.2) is 9.18 Å². The van der Waals surface area contributed by atoms with Gasteiger partial charge in [0.2, 0.25) is 0 Å². The smallest absolute Gasteiger partial charge is 0.351 e. The molecule has 0 unspecified atom stereocenters. The summed E-state index contributed by atoms with van der Waals surface area (Å²) in [5, 5.41) is 8.30. The first kappa shape index (κ1) is 9.87. The van der Waals surface area contributed by atoms with E-state index in [1.54, 1.807) is 0 Å². The van der Waals surface area contributed by atoms with E-state index in [0.717, 1.165) is 0 Å². The van der Waals surface area contributed by atoms with Crippen molar-refractivity contribution < 1.29 is 19.1 Å². The minimum Gasteiger partial charge on any atom is -0.478 e. The van der Waals surface area contributed by atoms with Crippen LogP contribution in [0.2, 0.25) is 0 Å². The zero-order valence-corrected chi connectivity index (χ0v) is 6.30. The van der Waals surface area contributed by atoms with Crippen molar-refractivity contribution in [1.29, 1.82) is 0 Å². The summed E-state index contributed by atoms with van der Waals surface area (Å²) in [5.74, 6) is -4.25. The van der Waals surface area contributed by atoms with Crippen LogP contribution in [0.15, 0.2) is 0 Å². The summed E-state index contributed by atoms with van der Waals surface area (Å²) in [6.07, 6.45) is 0. The van der Waals surface area contributed by atoms with E-state index >= 15 is 0 Å². The Kier molecular flexibility index (Phi) is 2.56. The average Bonchev–Trinajstić information content (AvgIpc) is 1.84. The van der Waals surface area contributed by atoms with Gasteiger partial charge in [0, 0.05) is 5.92 Å². The number of rotatable bonds is 3. The molecule has 0 aliphatic rings. The van der Waals surface area contributed by atoms with Crippen LogP contribution >= 0.6 is 0 Å². The third-order valence-electron chi connectivity index (χ3n) is 1.47. The molecule has 64 valence electrons. The second kappa shape index (κ2) is 2.86. The summed E-state index contributed by atoms with van der Waals surface area (Å²) in [6.45, 7) is 2.55. The molecule has 0 aliphatic carbocycles. The number of amides is 1. The first-order valence-corrected chi connectivity index (χ1v) is 3.05. The van der Waals surface area contributed by atoms with Crippen LogP contribution in [0.4, 0.5) is 4.39 Å². The van der Waals surface area contributed by atoms with Crippen molar-refractivity contribution in [3.05, 3.63) is 0 Å². The molecule has 11 heavy (non-hydrogen) atoms. The molecule has 0 aromatic heterocycles. The van der Waals surface area contributed by atoms with E-state index in [1.165, 1.54) is 13.8 Å². The summed E-state index contributed by atoms with van der Waals surface area (Å²) >= 11 is 0. The van der Waals surface area contributed by atoms with E-state index < -0.39 is 23.5 Å². The maximum atomic E-state index is 13.1. The number of hydrogen-bond donors (Lipinski definition) is 2. The van der Waals surface area contributed by atoms with Crippen LogP contribution in [0.5, 0.6) is 0 Å². The highest BCUT2D eigenvalue weighted by atomic mass is 19.1. The Balaban J connectivity index is 4.82. The Morgan fingerprint density at radius 1 is 1.55 bits per heavy atom. The normalized spacial score (nSPS) is 16.0. The molecule has 0 aromatic rings. The zero-order chi connectivity index (χ0) is 9.23. The third kappa shape index (κ3) is 1.47. The predicted molar refractivity (Wildman–Crippen MR) is 35.5 cm³/mol. The first-order valence-electron chi connectivity index (χ1n) is 3.05. The van der Waals surface area contributed by atoms with Crippen molar-refractivity contribution in [2.24, 2.45) is 11.7 Å². The monoisotopic (exact) mass is 163 g/mol. The number of carbonyl (C=O) groups excluding carboxylic acids is 1. The van der Waals surface area contributed by atoms with E-state index in [-0.39, 0.29) is 0 Å². The Bertz CT molecular complexity index is 176. The minimum absolute atomic E-state index is 0.961. The van der Waals surface area contributed by atoms with E-state index in [9.17, 15) is 14.0 Å². The quantitative estimate of drug-likeness (QED) is 0.571. The van der Waals surface area contributed by atoms with E-state index in [1.807, 2.05) is 0 Å². The molecule has 3 N–H and O–H groups in total. The fourth-order valence-electron chi connectivity index (χ4n) is 0.637. The summed E-state index contributed by atoms with van der Waals surface area (Å²) in [5.41, 5.74) is 1.63. The Morgan fingerprint density at radius 3 is 1.91 bits per heavy atom. The van der Waals surface area contributed by atoms with Gasteiger partial charge in [-0.05, 0) is 0 Å². The summed E-state index contributed by atoms with van der Waals surface area (Å²) in [4.78, 5) is 20.6. The highest BCUT2D eigenvalue weighted by molar-refractivity contribution is 6.04. The second-order valence-electron chi connectivity index (χ2n) is 2.54. The average molecular weight is 163 g/mol. The Morgan fingerprint density at radius 2 is 1.91 bits per heavy atom. The predicted octanol–water partition coefficient (Wildman–Crippen LogP) is -0.0794. The molecule has 0 saturated carbocycles. The van der Waals surface area contributed by atoms with Gasteiger partial charge in [0.15, 0.2) is 0 Å². The van der Waals surface area contributed by atoms with E-state index in [2.05, 4.69) is 5.73 Å². The zero-order valence-electron chi connectivity index (χ0n) is 6.30. The molecule has 5 heteroatoms. The van der Waals surface area contributed by atoms with Crippen LogP contribution in [-0.4, -0.2) is 22.7 Å². The standard InChI is InChI=1S/C6H10FNO3/c1-3(2)6(7,4(8)9)5(10)11/h3H,1-2H3,(H2,8,9)(H,10,11)/t6-/m1/s1. The molecule has 4 nitrogen and oxygen atoms in total. The van der Waals surface area contributed by atoms with Gasteiger partial charge in [-0.3, -0.25) is 4.79 Å². The maximum absolute atomic E-state index is 13.1. The van der Waals surface area contributed by atoms with Gasteiger partial charge in [-0.2, -0.15) is 0 Å². The third-order valence-corrected chi connectivity index (χ3v) is 1.47. The second-order valence-corrected chi connectivity index (χ2v) is 2.54. The summed E-state index contributed by atoms with van der Waals surface area (Å²) in [6, 6.07) is 0. The summed E-state index contributed by atoms with van der Waals surface area (Å²) in [7, 11) is 0. The van der Waals surface area contributed by atoms with Gasteiger partial charge in [0.25, 0.3) is 11.6 Å². The molecule has 0 saturated heterocycles. The Hall–Kier alpha value is -1.13. The highest BCUT2D eigenvalue weighted by Gasteiger charge is 2.48. The molecule has 1 atom stereocenters. The van der Waals surface area contributed by atoms with Gasteiger partial charge in [-0.15, -0.1) is 0 Å². The molecule has 0 fully saturated rings. The number of carboxylic acids is 1. The lowest BCUT2D eigenvalue weighted by Gasteiger charge is -2.20. The van der Waals surface area contributed by atoms with Crippen LogP contribution in [-0.2, 0) is 9.59 Å². The van der Waals surface area contributed by atoms with Crippen molar-refractivity contribution in [3.8, 4) is 0 Å². The molecule has 0 rings (SSSR count). The minimum atomic E-state index is -2.94. The van der Waals surface area contributed by atoms with Crippen LogP contribution in [0, 0.1) is 5.92 Å². The van der Waals surface area contributed by atoms with Crippen molar-refractivity contribution >= 4 is 11.9 Å². The lowest BCUT2D eigenvalue weighted by atomic mass is 9.92. The van der Waals surface area contributed by atoms with Crippen molar-refractivity contribution in [1.82, 2.24) is 0 Å². The molecule has 1 amide bonds. The number of halogens is 1. The van der Waals surface area contributed by atoms with Crippen molar-refractivity contribution in [2.75, 3.05) is 0 Å². The number of hydrogen-bond acceptors (Lipinski definition) is 2. The fourth-order valence-corrected chi connectivity index (χ4v) is 0.637. The lowest BCUT2D eigenvalue weighted by Crippen LogP contribution is -2.50. The van der Waals surface area contributed by atoms with Crippen molar-refractivity contribution in [2.45, 2.75) is 19.5 Å². The van der Waals surface area contributed by atoms with Crippen LogP contribution < -0.4 is 5.73 Å². The number of alkyl halides is 1. The molecule has 0 heterocycles. The van der Waals surface area contributed by atoms with Gasteiger partial charge in [0.1, 0.15) is 0 Å². The Labute approximate surface area is 63.2 Å². The van der Waals surface area contributed by atoms with Gasteiger partial charge in [-0.1, -0.05) is 13.8 Å². The lowest BCUT2D eigenvalue weighted by molar-refractivity contribution is -0.160. The maximum Gasteiger partial charge on any atom is 0.351 e. The SMILES string of the molecule is CC(C)[C@@](F)(C(N)=O)C(=O)O. The van der Waals surface area contributed by atoms with E-state index in [0.29, 0.717) is 0 Å². The highest BCUT2D eigenvalue weighted by Crippen LogP contribution is 2.21. The summed E-state index contributed by atoms with van der Waals surface area (Å²) < 4.78 is 13.1. The number of carbonyl (C=O) groups is 2. The van der Waals surface area contributed by atoms with Gasteiger partial charge < -0.3 is 10.8 Å². The van der Waals surface area contributed by atoms with E-state index in [4.69, 9.17) is 5.11 Å². The molecular formula is C6H10FNO3. The van der Waals surface area contributed by atoms with Crippen LogP contribution in [0.3, 0.4) is 0 Å². The molecule has 0 radical (unpaired) electrons. The molecule has 0 bridgehead atoms. The molecule has 0 spiro atoms. The first-order chi connectivity index (χ1) is 4.83. The number of aliphatic carboxylic acids is 1. The van der Waals surface area contributed by atoms with Gasteiger partial charge >= 0.3 is 5.97 Å². The fraction of sp³-hybridized carbons (Fsp3) is 0.667. The van der Waals surface area contributed by atoms with Gasteiger partial charge in [0.05, 0.1) is 0 Å². The molecular weight excluding hydrogens is 153 g/mol. The number of primary amides is 1. The topological polar surface area (TPSA) is 80.4 Å². The van der Waals surface area contributed by atoms with Crippen LogP contribution in [0.1, 0.15) is 13.8 Å². The number of nitrogens with two attached hydrogens (primary N) is 1.